The number of amides is 3. The maximum absolute atomic E-state index is 12.5. The van der Waals surface area contributed by atoms with Gasteiger partial charge in [-0.25, -0.2) is 19.2 Å². The maximum atomic E-state index is 12.5. The van der Waals surface area contributed by atoms with Gasteiger partial charge in [0.2, 0.25) is 5.96 Å². The number of rotatable bonds is 8. The molecule has 12 nitrogen and oxygen atoms in total. The van der Waals surface area contributed by atoms with Gasteiger partial charge in [-0.1, -0.05) is 30.3 Å². The van der Waals surface area contributed by atoms with Gasteiger partial charge in [0, 0.05) is 6.54 Å². The molecule has 1 aromatic carbocycles. The van der Waals surface area contributed by atoms with Gasteiger partial charge in [0.25, 0.3) is 0 Å². The van der Waals surface area contributed by atoms with Gasteiger partial charge < -0.3 is 30.0 Å². The van der Waals surface area contributed by atoms with Crippen molar-refractivity contribution in [3.63, 3.8) is 0 Å². The predicted octanol–water partition coefficient (Wildman–Crippen LogP) is 3.84. The first-order valence-corrected chi connectivity index (χ1v) is 11.4. The summed E-state index contributed by atoms with van der Waals surface area (Å²) in [5, 5.41) is 22.4. The van der Waals surface area contributed by atoms with Gasteiger partial charge in [0.15, 0.2) is 0 Å². The van der Waals surface area contributed by atoms with Gasteiger partial charge in [-0.05, 0) is 59.9 Å². The van der Waals surface area contributed by atoms with Crippen LogP contribution in [0, 0.1) is 5.41 Å². The molecule has 0 unspecified atom stereocenters. The summed E-state index contributed by atoms with van der Waals surface area (Å²) in [5.74, 6) is -1.86. The number of carboxylic acid groups (broad SMARTS) is 1. The Morgan fingerprint density at radius 2 is 1.50 bits per heavy atom. The first-order valence-electron chi connectivity index (χ1n) is 11.4. The van der Waals surface area contributed by atoms with Crippen LogP contribution in [0.25, 0.3) is 0 Å². The van der Waals surface area contributed by atoms with Crippen LogP contribution in [0.15, 0.2) is 30.3 Å². The Balaban J connectivity index is 2.65. The molecule has 0 aliphatic carbocycles. The van der Waals surface area contributed by atoms with Gasteiger partial charge >= 0.3 is 24.2 Å². The van der Waals surface area contributed by atoms with E-state index in [9.17, 15) is 24.3 Å². The van der Waals surface area contributed by atoms with E-state index >= 15 is 0 Å². The summed E-state index contributed by atoms with van der Waals surface area (Å²) in [7, 11) is 0. The Kier molecular flexibility index (Phi) is 11.2. The number of nitrogens with zero attached hydrogens (tertiary/aromatic N) is 1. The number of nitrogens with one attached hydrogen (secondary N) is 3. The molecule has 36 heavy (non-hydrogen) atoms. The average Bonchev–Trinajstić information content (AvgIpc) is 2.72. The van der Waals surface area contributed by atoms with Crippen LogP contribution in [0.4, 0.5) is 14.4 Å². The van der Waals surface area contributed by atoms with E-state index in [0.717, 1.165) is 5.56 Å². The monoisotopic (exact) mass is 508 g/mol. The summed E-state index contributed by atoms with van der Waals surface area (Å²) >= 11 is 0. The fourth-order valence-corrected chi connectivity index (χ4v) is 2.63. The molecule has 200 valence electrons. The third-order valence-electron chi connectivity index (χ3n) is 4.14. The van der Waals surface area contributed by atoms with E-state index in [-0.39, 0.29) is 26.0 Å². The molecule has 0 fully saturated rings. The smallest absolute Gasteiger partial charge is 0.427 e. The van der Waals surface area contributed by atoms with Gasteiger partial charge in [-0.2, -0.15) is 0 Å². The van der Waals surface area contributed by atoms with Crippen LogP contribution in [-0.4, -0.2) is 64.0 Å². The molecule has 3 amide bonds. The summed E-state index contributed by atoms with van der Waals surface area (Å²) in [5.41, 5.74) is -1.10. The second-order valence-corrected chi connectivity index (χ2v) is 9.81. The quantitative estimate of drug-likeness (QED) is 0.176. The number of imide groups is 1. The Morgan fingerprint density at radius 3 is 1.97 bits per heavy atom. The number of carboxylic acids is 1. The number of guanidine groups is 1. The van der Waals surface area contributed by atoms with E-state index in [1.807, 2.05) is 6.07 Å². The van der Waals surface area contributed by atoms with E-state index in [1.54, 1.807) is 65.8 Å². The second-order valence-electron chi connectivity index (χ2n) is 9.81. The highest BCUT2D eigenvalue weighted by atomic mass is 16.6. The largest absolute Gasteiger partial charge is 0.480 e. The van der Waals surface area contributed by atoms with E-state index in [0.29, 0.717) is 4.90 Å². The zero-order chi connectivity index (χ0) is 27.5. The minimum absolute atomic E-state index is 0.00503. The van der Waals surface area contributed by atoms with Crippen molar-refractivity contribution < 1.29 is 38.5 Å². The number of aliphatic carboxylic acids is 1. The van der Waals surface area contributed by atoms with Crippen LogP contribution in [-0.2, 0) is 25.6 Å². The number of alkyl carbamates (subject to hydrolysis) is 1. The van der Waals surface area contributed by atoms with Crippen LogP contribution >= 0.6 is 0 Å². The van der Waals surface area contributed by atoms with Crippen molar-refractivity contribution >= 4 is 30.2 Å². The van der Waals surface area contributed by atoms with Gasteiger partial charge in [-0.3, -0.25) is 5.41 Å². The first-order chi connectivity index (χ1) is 16.6. The molecule has 1 atom stereocenters. The van der Waals surface area contributed by atoms with E-state index < -0.39 is 47.5 Å². The third kappa shape index (κ3) is 12.0. The lowest BCUT2D eigenvalue weighted by Crippen LogP contribution is -2.51. The minimum Gasteiger partial charge on any atom is -0.480 e. The van der Waals surface area contributed by atoms with Crippen molar-refractivity contribution in [1.82, 2.24) is 15.5 Å². The average molecular weight is 509 g/mol. The lowest BCUT2D eigenvalue weighted by atomic mass is 10.1. The molecule has 0 saturated carbocycles. The second kappa shape index (κ2) is 13.3. The Morgan fingerprint density at radius 1 is 0.972 bits per heavy atom. The molecule has 0 bridgehead atoms. The normalized spacial score (nSPS) is 12.1. The highest BCUT2D eigenvalue weighted by Crippen LogP contribution is 2.14. The van der Waals surface area contributed by atoms with Crippen LogP contribution in [0.2, 0.25) is 0 Å². The molecule has 0 spiro atoms. The number of carbonyl (C=O) groups is 4. The van der Waals surface area contributed by atoms with E-state index in [1.165, 1.54) is 0 Å². The summed E-state index contributed by atoms with van der Waals surface area (Å²) in [6, 6.07) is 7.68. The summed E-state index contributed by atoms with van der Waals surface area (Å²) in [6.07, 6.45) is -2.90. The van der Waals surface area contributed by atoms with Gasteiger partial charge in [0.1, 0.15) is 23.9 Å². The molecule has 1 rings (SSSR count). The van der Waals surface area contributed by atoms with Crippen molar-refractivity contribution in [2.75, 3.05) is 6.54 Å². The zero-order valence-electron chi connectivity index (χ0n) is 21.5. The van der Waals surface area contributed by atoms with Crippen molar-refractivity contribution in [1.29, 1.82) is 5.41 Å². The molecule has 0 aliphatic heterocycles. The lowest BCUT2D eigenvalue weighted by Gasteiger charge is -2.28. The summed E-state index contributed by atoms with van der Waals surface area (Å²) in [6.45, 7) is 9.67. The first kappa shape index (κ1) is 30.2. The minimum atomic E-state index is -1.26. The molecule has 12 heteroatoms. The third-order valence-corrected chi connectivity index (χ3v) is 4.14. The van der Waals surface area contributed by atoms with E-state index in [4.69, 9.17) is 19.6 Å². The topological polar surface area (TPSA) is 167 Å². The fourth-order valence-electron chi connectivity index (χ4n) is 2.63. The van der Waals surface area contributed by atoms with E-state index in [2.05, 4.69) is 10.6 Å². The number of carbonyl (C=O) groups excluding carboxylic acids is 3. The summed E-state index contributed by atoms with van der Waals surface area (Å²) < 4.78 is 15.4. The van der Waals surface area contributed by atoms with Crippen molar-refractivity contribution in [3.05, 3.63) is 35.9 Å². The molecular formula is C24H36N4O8. The highest BCUT2D eigenvalue weighted by molar-refractivity contribution is 6.06. The summed E-state index contributed by atoms with van der Waals surface area (Å²) in [4.78, 5) is 49.0. The Labute approximate surface area is 210 Å². The highest BCUT2D eigenvalue weighted by Gasteiger charge is 2.34. The molecule has 0 aliphatic rings. The van der Waals surface area contributed by atoms with Gasteiger partial charge in [-0.15, -0.1) is 4.90 Å². The number of benzene rings is 1. The molecule has 0 radical (unpaired) electrons. The van der Waals surface area contributed by atoms with Crippen LogP contribution < -0.4 is 10.6 Å². The Bertz CT molecular complexity index is 894. The Hall–Kier alpha value is -3.83. The van der Waals surface area contributed by atoms with Crippen molar-refractivity contribution in [3.8, 4) is 0 Å². The number of hydrogen-bond donors (Lipinski definition) is 4. The lowest BCUT2D eigenvalue weighted by molar-refractivity contribution is -0.139. The standard InChI is InChI=1S/C24H36N4O8/c1-23(2,3)35-21(32)28(22(33)36-24(4,5)6)19(25)26-14-10-13-17(18(29)30)27-20(31)34-15-16-11-8-7-9-12-16/h7-9,11-12,17H,10,13-15H2,1-6H3,(H2,25,26)(H,27,31)(H,29,30)/t17-/m0/s1. The van der Waals surface area contributed by atoms with Crippen LogP contribution in [0.3, 0.4) is 0 Å². The van der Waals surface area contributed by atoms with Crippen molar-refractivity contribution in [2.24, 2.45) is 0 Å². The van der Waals surface area contributed by atoms with Crippen LogP contribution in [0.5, 0.6) is 0 Å². The number of hydrogen-bond acceptors (Lipinski definition) is 8. The fraction of sp³-hybridized carbons (Fsp3) is 0.542. The number of ether oxygens (including phenoxy) is 3. The molecule has 0 heterocycles. The molecule has 0 aromatic heterocycles. The SMILES string of the molecule is CC(C)(C)OC(=O)N(C(=N)NCCC[C@H](NC(=O)OCc1ccccc1)C(=O)O)C(=O)OC(C)(C)C. The molecule has 1 aromatic rings. The molecule has 4 N–H and O–H groups in total. The predicted molar refractivity (Wildman–Crippen MR) is 130 cm³/mol. The zero-order valence-corrected chi connectivity index (χ0v) is 21.5. The molecule has 0 saturated heterocycles. The molecular weight excluding hydrogens is 472 g/mol. The van der Waals surface area contributed by atoms with Crippen LogP contribution in [0.1, 0.15) is 59.9 Å². The maximum Gasteiger partial charge on any atom is 0.427 e. The van der Waals surface area contributed by atoms with Crippen molar-refractivity contribution in [2.45, 2.75) is 78.2 Å². The van der Waals surface area contributed by atoms with Gasteiger partial charge in [0.05, 0.1) is 0 Å².